The predicted molar refractivity (Wildman–Crippen MR) is 93.8 cm³/mol. The predicted octanol–water partition coefficient (Wildman–Crippen LogP) is 4.43. The van der Waals surface area contributed by atoms with Crippen LogP contribution in [0.1, 0.15) is 40.4 Å². The molecule has 0 aromatic heterocycles. The molecule has 1 unspecified atom stereocenters. The van der Waals surface area contributed by atoms with Crippen molar-refractivity contribution in [1.29, 1.82) is 0 Å². The molecule has 0 bridgehead atoms. The lowest BCUT2D eigenvalue weighted by molar-refractivity contribution is 0.0735. The van der Waals surface area contributed by atoms with Crippen LogP contribution in [0.25, 0.3) is 0 Å². The lowest BCUT2D eigenvalue weighted by atomic mass is 10.0. The SMILES string of the molecule is NCc1ccc(C(=O)N2CCCC2c2ccc(Cl)c(Cl)c2)cc1. The zero-order chi connectivity index (χ0) is 16.4. The summed E-state index contributed by atoms with van der Waals surface area (Å²) < 4.78 is 0. The molecule has 120 valence electrons. The molecular weight excluding hydrogens is 331 g/mol. The van der Waals surface area contributed by atoms with Crippen LogP contribution in [-0.4, -0.2) is 17.4 Å². The van der Waals surface area contributed by atoms with E-state index in [1.54, 1.807) is 6.07 Å². The maximum Gasteiger partial charge on any atom is 0.254 e. The minimum atomic E-state index is 0.0437. The first-order valence-electron chi connectivity index (χ1n) is 7.65. The highest BCUT2D eigenvalue weighted by Gasteiger charge is 2.30. The van der Waals surface area contributed by atoms with E-state index in [-0.39, 0.29) is 11.9 Å². The van der Waals surface area contributed by atoms with E-state index in [4.69, 9.17) is 28.9 Å². The number of hydrogen-bond acceptors (Lipinski definition) is 2. The zero-order valence-corrected chi connectivity index (χ0v) is 14.1. The van der Waals surface area contributed by atoms with Crippen molar-refractivity contribution in [2.75, 3.05) is 6.54 Å². The van der Waals surface area contributed by atoms with E-state index in [0.29, 0.717) is 22.2 Å². The molecule has 0 saturated carbocycles. The normalized spacial score (nSPS) is 17.5. The van der Waals surface area contributed by atoms with Crippen LogP contribution in [-0.2, 0) is 6.54 Å². The van der Waals surface area contributed by atoms with E-state index < -0.39 is 0 Å². The molecule has 23 heavy (non-hydrogen) atoms. The van der Waals surface area contributed by atoms with E-state index in [1.165, 1.54) is 0 Å². The first-order valence-corrected chi connectivity index (χ1v) is 8.40. The van der Waals surface area contributed by atoms with E-state index >= 15 is 0 Å². The second kappa shape index (κ2) is 6.91. The first kappa shape index (κ1) is 16.3. The van der Waals surface area contributed by atoms with Gasteiger partial charge in [-0.15, -0.1) is 0 Å². The van der Waals surface area contributed by atoms with Gasteiger partial charge in [-0.05, 0) is 48.2 Å². The largest absolute Gasteiger partial charge is 0.332 e. The van der Waals surface area contributed by atoms with Gasteiger partial charge in [0.15, 0.2) is 0 Å². The molecule has 0 aliphatic carbocycles. The fourth-order valence-electron chi connectivity index (χ4n) is 3.03. The van der Waals surface area contributed by atoms with Crippen LogP contribution in [0.5, 0.6) is 0 Å². The van der Waals surface area contributed by atoms with Crippen LogP contribution in [0.4, 0.5) is 0 Å². The van der Waals surface area contributed by atoms with Crippen molar-refractivity contribution in [3.63, 3.8) is 0 Å². The minimum Gasteiger partial charge on any atom is -0.332 e. The summed E-state index contributed by atoms with van der Waals surface area (Å²) in [4.78, 5) is 14.7. The van der Waals surface area contributed by atoms with Gasteiger partial charge in [0.25, 0.3) is 5.91 Å². The third-order valence-corrected chi connectivity index (χ3v) is 5.02. The number of nitrogens with two attached hydrogens (primary N) is 1. The third kappa shape index (κ3) is 3.37. The molecule has 1 saturated heterocycles. The molecule has 1 atom stereocenters. The molecule has 3 rings (SSSR count). The molecule has 2 aromatic rings. The standard InChI is InChI=1S/C18H18Cl2N2O/c19-15-8-7-14(10-16(15)20)17-2-1-9-22(17)18(23)13-5-3-12(11-21)4-6-13/h3-8,10,17H,1-2,9,11,21H2. The van der Waals surface area contributed by atoms with Crippen molar-refractivity contribution < 1.29 is 4.79 Å². The Morgan fingerprint density at radius 1 is 1.13 bits per heavy atom. The molecule has 1 aliphatic heterocycles. The van der Waals surface area contributed by atoms with Gasteiger partial charge in [0.1, 0.15) is 0 Å². The topological polar surface area (TPSA) is 46.3 Å². The number of nitrogens with zero attached hydrogens (tertiary/aromatic N) is 1. The molecule has 0 spiro atoms. The van der Waals surface area contributed by atoms with Gasteiger partial charge in [0.05, 0.1) is 16.1 Å². The number of rotatable bonds is 3. The molecule has 2 N–H and O–H groups in total. The van der Waals surface area contributed by atoms with E-state index in [9.17, 15) is 4.79 Å². The number of hydrogen-bond donors (Lipinski definition) is 1. The van der Waals surface area contributed by atoms with Gasteiger partial charge in [-0.2, -0.15) is 0 Å². The second-order valence-corrected chi connectivity index (χ2v) is 6.55. The Morgan fingerprint density at radius 2 is 1.87 bits per heavy atom. The quantitative estimate of drug-likeness (QED) is 0.891. The molecule has 1 aliphatic rings. The van der Waals surface area contributed by atoms with Gasteiger partial charge in [-0.3, -0.25) is 4.79 Å². The highest BCUT2D eigenvalue weighted by Crippen LogP contribution is 2.35. The number of benzene rings is 2. The average molecular weight is 349 g/mol. The van der Waals surface area contributed by atoms with E-state index in [1.807, 2.05) is 41.3 Å². The molecule has 2 aromatic carbocycles. The third-order valence-electron chi connectivity index (χ3n) is 4.28. The average Bonchev–Trinajstić information content (AvgIpc) is 3.06. The highest BCUT2D eigenvalue weighted by atomic mass is 35.5. The van der Waals surface area contributed by atoms with E-state index in [2.05, 4.69) is 0 Å². The lowest BCUT2D eigenvalue weighted by Crippen LogP contribution is -2.30. The zero-order valence-electron chi connectivity index (χ0n) is 12.6. The summed E-state index contributed by atoms with van der Waals surface area (Å²) in [5.41, 5.74) is 8.34. The van der Waals surface area contributed by atoms with Crippen LogP contribution >= 0.6 is 23.2 Å². The Balaban J connectivity index is 1.85. The second-order valence-electron chi connectivity index (χ2n) is 5.73. The van der Waals surface area contributed by atoms with Crippen molar-refractivity contribution in [1.82, 2.24) is 4.90 Å². The number of carbonyl (C=O) groups is 1. The Kier molecular flexibility index (Phi) is 4.90. The van der Waals surface area contributed by atoms with Crippen molar-refractivity contribution in [2.24, 2.45) is 5.73 Å². The smallest absolute Gasteiger partial charge is 0.254 e. The maximum absolute atomic E-state index is 12.8. The number of likely N-dealkylation sites (tertiary alicyclic amines) is 1. The number of halogens is 2. The fourth-order valence-corrected chi connectivity index (χ4v) is 3.33. The van der Waals surface area contributed by atoms with Gasteiger partial charge in [-0.25, -0.2) is 0 Å². The number of carbonyl (C=O) groups excluding carboxylic acids is 1. The lowest BCUT2D eigenvalue weighted by Gasteiger charge is -2.25. The van der Waals surface area contributed by atoms with Crippen LogP contribution in [0.3, 0.4) is 0 Å². The van der Waals surface area contributed by atoms with Crippen molar-refractivity contribution in [3.05, 3.63) is 69.2 Å². The number of amides is 1. The molecule has 0 radical (unpaired) electrons. The van der Waals surface area contributed by atoms with Gasteiger partial charge in [0, 0.05) is 18.7 Å². The van der Waals surface area contributed by atoms with Crippen LogP contribution in [0.15, 0.2) is 42.5 Å². The summed E-state index contributed by atoms with van der Waals surface area (Å²) >= 11 is 12.1. The Morgan fingerprint density at radius 3 is 2.52 bits per heavy atom. The molecule has 5 heteroatoms. The van der Waals surface area contributed by atoms with Crippen molar-refractivity contribution in [2.45, 2.75) is 25.4 Å². The summed E-state index contributed by atoms with van der Waals surface area (Å²) in [6, 6.07) is 13.1. The van der Waals surface area contributed by atoms with Crippen LogP contribution < -0.4 is 5.73 Å². The summed E-state index contributed by atoms with van der Waals surface area (Å²) in [6.07, 6.45) is 1.92. The van der Waals surface area contributed by atoms with E-state index in [0.717, 1.165) is 30.5 Å². The highest BCUT2D eigenvalue weighted by molar-refractivity contribution is 6.42. The molecule has 1 fully saturated rings. The molecule has 1 amide bonds. The van der Waals surface area contributed by atoms with Gasteiger partial charge in [-0.1, -0.05) is 41.4 Å². The van der Waals surface area contributed by atoms with Crippen molar-refractivity contribution in [3.8, 4) is 0 Å². The molecule has 1 heterocycles. The summed E-state index contributed by atoms with van der Waals surface area (Å²) in [7, 11) is 0. The maximum atomic E-state index is 12.8. The Bertz CT molecular complexity index is 715. The summed E-state index contributed by atoms with van der Waals surface area (Å²) in [5.74, 6) is 0.0437. The van der Waals surface area contributed by atoms with Gasteiger partial charge >= 0.3 is 0 Å². The summed E-state index contributed by atoms with van der Waals surface area (Å²) in [6.45, 7) is 1.23. The van der Waals surface area contributed by atoms with Gasteiger partial charge < -0.3 is 10.6 Å². The first-order chi connectivity index (χ1) is 11.1. The molecule has 3 nitrogen and oxygen atoms in total. The molecular formula is C18H18Cl2N2O. The fraction of sp³-hybridized carbons (Fsp3) is 0.278. The van der Waals surface area contributed by atoms with Gasteiger partial charge in [0.2, 0.25) is 0 Å². The van der Waals surface area contributed by atoms with Crippen molar-refractivity contribution >= 4 is 29.1 Å². The Labute approximate surface area is 146 Å². The monoisotopic (exact) mass is 348 g/mol. The van der Waals surface area contributed by atoms with Crippen LogP contribution in [0.2, 0.25) is 10.0 Å². The Hall–Kier alpha value is -1.55. The minimum absolute atomic E-state index is 0.0437. The summed E-state index contributed by atoms with van der Waals surface area (Å²) in [5, 5.41) is 1.06. The van der Waals surface area contributed by atoms with Crippen LogP contribution in [0, 0.1) is 0 Å².